The van der Waals surface area contributed by atoms with Crippen LogP contribution in [0.4, 0.5) is 0 Å². The molecule has 0 unspecified atom stereocenters. The molecule has 5 heteroatoms. The van der Waals surface area contributed by atoms with Crippen molar-refractivity contribution in [2.75, 3.05) is 39.5 Å². The molecular formula is C17H28N2O2S. The van der Waals surface area contributed by atoms with E-state index in [1.54, 1.807) is 4.31 Å². The van der Waals surface area contributed by atoms with Crippen LogP contribution in [0.3, 0.4) is 0 Å². The minimum Gasteiger partial charge on any atom is -0.305 e. The Kier molecular flexibility index (Phi) is 6.01. The number of hydrogen-bond donors (Lipinski definition) is 0. The third-order valence-corrected chi connectivity index (χ3v) is 5.74. The number of benzene rings is 1. The van der Waals surface area contributed by atoms with Gasteiger partial charge in [-0.15, -0.1) is 0 Å². The zero-order valence-electron chi connectivity index (χ0n) is 13.9. The molecule has 0 saturated carbocycles. The van der Waals surface area contributed by atoms with Gasteiger partial charge in [0.25, 0.3) is 0 Å². The molecule has 1 aliphatic rings. The van der Waals surface area contributed by atoms with E-state index >= 15 is 0 Å². The van der Waals surface area contributed by atoms with E-state index < -0.39 is 10.0 Å². The summed E-state index contributed by atoms with van der Waals surface area (Å²) in [6.07, 6.45) is 3.41. The van der Waals surface area contributed by atoms with Crippen LogP contribution in [0.5, 0.6) is 0 Å². The highest BCUT2D eigenvalue weighted by Gasteiger charge is 2.26. The van der Waals surface area contributed by atoms with Crippen molar-refractivity contribution in [2.24, 2.45) is 5.92 Å². The van der Waals surface area contributed by atoms with Gasteiger partial charge in [-0.05, 0) is 37.3 Å². The largest absolute Gasteiger partial charge is 0.305 e. The summed E-state index contributed by atoms with van der Waals surface area (Å²) in [4.78, 5) is 2.34. The van der Waals surface area contributed by atoms with Crippen LogP contribution in [0.2, 0.25) is 0 Å². The monoisotopic (exact) mass is 324 g/mol. The van der Waals surface area contributed by atoms with E-state index in [4.69, 9.17) is 0 Å². The lowest BCUT2D eigenvalue weighted by molar-refractivity contribution is 0.196. The highest BCUT2D eigenvalue weighted by molar-refractivity contribution is 7.88. The van der Waals surface area contributed by atoms with Crippen LogP contribution >= 0.6 is 0 Å². The predicted octanol–water partition coefficient (Wildman–Crippen LogP) is 2.39. The summed E-state index contributed by atoms with van der Waals surface area (Å²) in [7, 11) is -0.908. The molecule has 1 aromatic rings. The molecule has 124 valence electrons. The van der Waals surface area contributed by atoms with Crippen LogP contribution < -0.4 is 0 Å². The molecule has 1 saturated heterocycles. The van der Waals surface area contributed by atoms with Crippen LogP contribution in [0, 0.1) is 5.92 Å². The zero-order chi connectivity index (χ0) is 16.2. The molecule has 2 rings (SSSR count). The molecule has 0 aromatic heterocycles. The van der Waals surface area contributed by atoms with Crippen LogP contribution in [-0.2, 0) is 10.0 Å². The Hall–Kier alpha value is -0.910. The van der Waals surface area contributed by atoms with E-state index in [-0.39, 0.29) is 0 Å². The van der Waals surface area contributed by atoms with Crippen molar-refractivity contribution in [1.29, 1.82) is 0 Å². The van der Waals surface area contributed by atoms with Gasteiger partial charge in [-0.1, -0.05) is 37.3 Å². The van der Waals surface area contributed by atoms with Gasteiger partial charge in [0.05, 0.1) is 6.26 Å². The molecular weight excluding hydrogens is 296 g/mol. The summed E-state index contributed by atoms with van der Waals surface area (Å²) in [5.74, 6) is 0.928. The minimum absolute atomic E-state index is 0.441. The molecule has 4 nitrogen and oxygen atoms in total. The Morgan fingerprint density at radius 1 is 1.32 bits per heavy atom. The zero-order valence-corrected chi connectivity index (χ0v) is 14.7. The van der Waals surface area contributed by atoms with Gasteiger partial charge < -0.3 is 4.90 Å². The molecule has 0 N–H and O–H groups in total. The van der Waals surface area contributed by atoms with Crippen LogP contribution in [0.15, 0.2) is 30.3 Å². The van der Waals surface area contributed by atoms with Crippen molar-refractivity contribution < 1.29 is 8.42 Å². The van der Waals surface area contributed by atoms with Crippen molar-refractivity contribution >= 4 is 10.0 Å². The smallest absolute Gasteiger partial charge is 0.211 e. The molecule has 0 radical (unpaired) electrons. The topological polar surface area (TPSA) is 40.6 Å². The molecule has 1 aromatic carbocycles. The lowest BCUT2D eigenvalue weighted by Gasteiger charge is -2.34. The fourth-order valence-corrected chi connectivity index (χ4v) is 4.29. The van der Waals surface area contributed by atoms with E-state index in [0.717, 1.165) is 25.9 Å². The van der Waals surface area contributed by atoms with Crippen molar-refractivity contribution in [3.05, 3.63) is 35.9 Å². The average Bonchev–Trinajstić information content (AvgIpc) is 2.47. The van der Waals surface area contributed by atoms with Crippen molar-refractivity contribution in [2.45, 2.75) is 25.7 Å². The Morgan fingerprint density at radius 3 is 2.64 bits per heavy atom. The normalized spacial score (nSPS) is 21.9. The Balaban J connectivity index is 1.85. The fraction of sp³-hybridized carbons (Fsp3) is 0.647. The van der Waals surface area contributed by atoms with E-state index in [0.29, 0.717) is 24.9 Å². The number of sulfonamides is 1. The van der Waals surface area contributed by atoms with E-state index in [1.807, 2.05) is 6.07 Å². The summed E-state index contributed by atoms with van der Waals surface area (Å²) in [5.41, 5.74) is 1.36. The standard InChI is InChI=1S/C17H28N2O2S/c1-15(17-9-5-4-6-10-17)12-18(2)13-16-8-7-11-19(14-16)22(3,20)21/h4-6,9-10,15-16H,7-8,11-14H2,1-3H3/t15-,16-/m1/s1. The van der Waals surface area contributed by atoms with Crippen LogP contribution in [-0.4, -0.2) is 57.1 Å². The van der Waals surface area contributed by atoms with Crippen molar-refractivity contribution in [1.82, 2.24) is 9.21 Å². The minimum atomic E-state index is -3.05. The van der Waals surface area contributed by atoms with Crippen LogP contribution in [0.25, 0.3) is 0 Å². The molecule has 2 atom stereocenters. The molecule has 0 amide bonds. The summed E-state index contributed by atoms with van der Waals surface area (Å²) in [5, 5.41) is 0. The van der Waals surface area contributed by atoms with Gasteiger partial charge in [-0.25, -0.2) is 12.7 Å². The highest BCUT2D eigenvalue weighted by Crippen LogP contribution is 2.21. The number of nitrogens with zero attached hydrogens (tertiary/aromatic N) is 2. The number of likely N-dealkylation sites (N-methyl/N-ethyl adjacent to an activating group) is 1. The van der Waals surface area contributed by atoms with Gasteiger partial charge in [-0.3, -0.25) is 0 Å². The first-order valence-electron chi connectivity index (χ1n) is 8.05. The quantitative estimate of drug-likeness (QED) is 0.807. The Bertz CT molecular complexity index is 559. The molecule has 0 aliphatic carbocycles. The maximum absolute atomic E-state index is 11.7. The first kappa shape index (κ1) is 17.4. The third kappa shape index (κ3) is 5.07. The predicted molar refractivity (Wildman–Crippen MR) is 91.5 cm³/mol. The maximum atomic E-state index is 11.7. The second kappa shape index (κ2) is 7.57. The number of piperidine rings is 1. The number of hydrogen-bond acceptors (Lipinski definition) is 3. The maximum Gasteiger partial charge on any atom is 0.211 e. The van der Waals surface area contributed by atoms with Crippen molar-refractivity contribution in [3.8, 4) is 0 Å². The molecule has 22 heavy (non-hydrogen) atoms. The fourth-order valence-electron chi connectivity index (χ4n) is 3.35. The second-order valence-electron chi connectivity index (χ2n) is 6.66. The SMILES string of the molecule is C[C@H](CN(C)C[C@H]1CCCN(S(C)(=O)=O)C1)c1ccccc1. The van der Waals surface area contributed by atoms with Gasteiger partial charge in [0.15, 0.2) is 0 Å². The molecule has 1 aliphatic heterocycles. The van der Waals surface area contributed by atoms with Gasteiger partial charge in [0.2, 0.25) is 10.0 Å². The lowest BCUT2D eigenvalue weighted by atomic mass is 9.97. The average molecular weight is 324 g/mol. The van der Waals surface area contributed by atoms with Crippen LogP contribution in [0.1, 0.15) is 31.2 Å². The van der Waals surface area contributed by atoms with Gasteiger partial charge in [-0.2, -0.15) is 0 Å². The molecule has 1 fully saturated rings. The first-order chi connectivity index (χ1) is 10.4. The Morgan fingerprint density at radius 2 is 2.00 bits per heavy atom. The molecule has 0 spiro atoms. The van der Waals surface area contributed by atoms with Gasteiger partial charge >= 0.3 is 0 Å². The summed E-state index contributed by atoms with van der Waals surface area (Å²) in [6, 6.07) is 10.5. The highest BCUT2D eigenvalue weighted by atomic mass is 32.2. The summed E-state index contributed by atoms with van der Waals surface area (Å²) < 4.78 is 25.0. The van der Waals surface area contributed by atoms with Crippen molar-refractivity contribution in [3.63, 3.8) is 0 Å². The number of rotatable bonds is 6. The third-order valence-electron chi connectivity index (χ3n) is 4.47. The summed E-state index contributed by atoms with van der Waals surface area (Å²) >= 11 is 0. The van der Waals surface area contributed by atoms with E-state index in [9.17, 15) is 8.42 Å². The van der Waals surface area contributed by atoms with Gasteiger partial charge in [0.1, 0.15) is 0 Å². The first-order valence-corrected chi connectivity index (χ1v) is 9.89. The van der Waals surface area contributed by atoms with Gasteiger partial charge in [0, 0.05) is 26.2 Å². The van der Waals surface area contributed by atoms with E-state index in [1.165, 1.54) is 11.8 Å². The summed E-state index contributed by atoms with van der Waals surface area (Å²) in [6.45, 7) is 5.56. The Labute approximate surface area is 135 Å². The molecule has 1 heterocycles. The van der Waals surface area contributed by atoms with E-state index in [2.05, 4.69) is 43.1 Å². The lowest BCUT2D eigenvalue weighted by Crippen LogP contribution is -2.43. The molecule has 0 bridgehead atoms. The second-order valence-corrected chi connectivity index (χ2v) is 8.64.